The molecule has 1 aliphatic heterocycles. The van der Waals surface area contributed by atoms with Gasteiger partial charge in [0.1, 0.15) is 0 Å². The Labute approximate surface area is 135 Å². The molecule has 0 N–H and O–H groups in total. The Morgan fingerprint density at radius 1 is 1.18 bits per heavy atom. The van der Waals surface area contributed by atoms with Crippen molar-refractivity contribution >= 4 is 21.6 Å². The van der Waals surface area contributed by atoms with Crippen LogP contribution in [0.25, 0.3) is 0 Å². The first-order valence-corrected chi connectivity index (χ1v) is 9.20. The minimum atomic E-state index is -3.42. The number of halogens is 1. The normalized spacial score (nSPS) is 19.4. The summed E-state index contributed by atoms with van der Waals surface area (Å²) in [6, 6.07) is 12.5. The van der Waals surface area contributed by atoms with Crippen molar-refractivity contribution in [1.82, 2.24) is 9.29 Å². The molecule has 4 nitrogen and oxygen atoms in total. The molecule has 1 aromatic heterocycles. The third-order valence-corrected chi connectivity index (χ3v) is 6.08. The fourth-order valence-corrected chi connectivity index (χ4v) is 4.94. The smallest absolute Gasteiger partial charge is 0.218 e. The molecule has 0 aliphatic carbocycles. The number of hydrogen-bond donors (Lipinski definition) is 0. The van der Waals surface area contributed by atoms with E-state index in [2.05, 4.69) is 4.98 Å². The lowest BCUT2D eigenvalue weighted by atomic mass is 10.1. The van der Waals surface area contributed by atoms with E-state index in [-0.39, 0.29) is 11.8 Å². The molecule has 0 spiro atoms. The molecule has 1 aliphatic rings. The summed E-state index contributed by atoms with van der Waals surface area (Å²) in [6.07, 6.45) is 3.36. The molecule has 0 bridgehead atoms. The molecule has 0 unspecified atom stereocenters. The van der Waals surface area contributed by atoms with E-state index in [1.165, 1.54) is 0 Å². The summed E-state index contributed by atoms with van der Waals surface area (Å²) in [5.41, 5.74) is 1.44. The highest BCUT2D eigenvalue weighted by molar-refractivity contribution is 7.88. The van der Waals surface area contributed by atoms with E-state index in [9.17, 15) is 8.42 Å². The fraction of sp³-hybridized carbons (Fsp3) is 0.312. The Balaban J connectivity index is 1.87. The Hall–Kier alpha value is -1.43. The van der Waals surface area contributed by atoms with Gasteiger partial charge in [-0.2, -0.15) is 4.31 Å². The third kappa shape index (κ3) is 3.16. The molecule has 0 saturated carbocycles. The molecule has 1 saturated heterocycles. The summed E-state index contributed by atoms with van der Waals surface area (Å²) in [6.45, 7) is 0.536. The molecule has 1 aromatic carbocycles. The van der Waals surface area contributed by atoms with E-state index in [1.807, 2.05) is 18.2 Å². The minimum Gasteiger partial charge on any atom is -0.260 e. The quantitative estimate of drug-likeness (QED) is 0.859. The van der Waals surface area contributed by atoms with Crippen molar-refractivity contribution in [3.63, 3.8) is 0 Å². The molecule has 22 heavy (non-hydrogen) atoms. The highest BCUT2D eigenvalue weighted by Gasteiger charge is 2.36. The van der Waals surface area contributed by atoms with Crippen molar-refractivity contribution in [2.45, 2.75) is 24.6 Å². The maximum atomic E-state index is 12.8. The van der Waals surface area contributed by atoms with Gasteiger partial charge in [0, 0.05) is 17.8 Å². The lowest BCUT2D eigenvalue weighted by molar-refractivity contribution is 0.390. The van der Waals surface area contributed by atoms with Crippen molar-refractivity contribution in [2.24, 2.45) is 0 Å². The van der Waals surface area contributed by atoms with Crippen molar-refractivity contribution < 1.29 is 8.42 Å². The van der Waals surface area contributed by atoms with Gasteiger partial charge in [0.05, 0.1) is 17.5 Å². The van der Waals surface area contributed by atoms with Gasteiger partial charge < -0.3 is 0 Å². The van der Waals surface area contributed by atoms with Crippen LogP contribution in [0.15, 0.2) is 48.7 Å². The summed E-state index contributed by atoms with van der Waals surface area (Å²) >= 11 is 6.10. The van der Waals surface area contributed by atoms with Gasteiger partial charge in [-0.15, -0.1) is 0 Å². The standard InChI is InChI=1S/C16H17ClN2O2S/c17-14-7-2-1-6-13(14)12-22(20,21)19-11-5-9-16(19)15-8-3-4-10-18-15/h1-4,6-8,10,16H,5,9,11-12H2/t16-/m1/s1. The molecule has 2 heterocycles. The van der Waals surface area contributed by atoms with Gasteiger partial charge in [0.2, 0.25) is 10.0 Å². The maximum absolute atomic E-state index is 12.8. The topological polar surface area (TPSA) is 50.3 Å². The number of benzene rings is 1. The number of hydrogen-bond acceptors (Lipinski definition) is 3. The molecule has 1 atom stereocenters. The van der Waals surface area contributed by atoms with Crippen LogP contribution in [-0.2, 0) is 15.8 Å². The average molecular weight is 337 g/mol. The Kier molecular flexibility index (Phi) is 4.47. The van der Waals surface area contributed by atoms with Crippen LogP contribution in [0, 0.1) is 0 Å². The predicted molar refractivity (Wildman–Crippen MR) is 87.0 cm³/mol. The van der Waals surface area contributed by atoms with Crippen LogP contribution in [0.3, 0.4) is 0 Å². The molecule has 2 aromatic rings. The SMILES string of the molecule is O=S(=O)(Cc1ccccc1Cl)N1CCC[C@@H]1c1ccccn1. The van der Waals surface area contributed by atoms with Crippen LogP contribution in [0.2, 0.25) is 5.02 Å². The first kappa shape index (κ1) is 15.5. The van der Waals surface area contributed by atoms with Crippen molar-refractivity contribution in [3.05, 3.63) is 64.9 Å². The Bertz CT molecular complexity index is 750. The number of pyridine rings is 1. The van der Waals surface area contributed by atoms with Crippen molar-refractivity contribution in [3.8, 4) is 0 Å². The maximum Gasteiger partial charge on any atom is 0.218 e. The van der Waals surface area contributed by atoms with Crippen LogP contribution in [-0.4, -0.2) is 24.3 Å². The largest absolute Gasteiger partial charge is 0.260 e. The summed E-state index contributed by atoms with van der Waals surface area (Å²) < 4.78 is 27.1. The molecule has 0 radical (unpaired) electrons. The van der Waals surface area contributed by atoms with Crippen LogP contribution < -0.4 is 0 Å². The van der Waals surface area contributed by atoms with E-state index in [0.29, 0.717) is 17.1 Å². The van der Waals surface area contributed by atoms with Gasteiger partial charge in [0.15, 0.2) is 0 Å². The summed E-state index contributed by atoms with van der Waals surface area (Å²) in [5.74, 6) is -0.0734. The highest BCUT2D eigenvalue weighted by Crippen LogP contribution is 2.34. The Morgan fingerprint density at radius 2 is 1.95 bits per heavy atom. The number of nitrogens with zero attached hydrogens (tertiary/aromatic N) is 2. The van der Waals surface area contributed by atoms with Gasteiger partial charge in [-0.05, 0) is 36.6 Å². The van der Waals surface area contributed by atoms with Gasteiger partial charge in [-0.3, -0.25) is 4.98 Å². The molecular weight excluding hydrogens is 320 g/mol. The first-order valence-electron chi connectivity index (χ1n) is 7.22. The lowest BCUT2D eigenvalue weighted by Crippen LogP contribution is -2.32. The van der Waals surface area contributed by atoms with Crippen molar-refractivity contribution in [1.29, 1.82) is 0 Å². The van der Waals surface area contributed by atoms with Crippen LogP contribution in [0.1, 0.15) is 30.1 Å². The zero-order valence-corrected chi connectivity index (χ0v) is 13.6. The zero-order valence-electron chi connectivity index (χ0n) is 12.0. The molecule has 116 valence electrons. The average Bonchev–Trinajstić information content (AvgIpc) is 3.01. The van der Waals surface area contributed by atoms with Gasteiger partial charge in [0.25, 0.3) is 0 Å². The summed E-state index contributed by atoms with van der Waals surface area (Å²) in [4.78, 5) is 4.32. The molecule has 0 amide bonds. The Morgan fingerprint density at radius 3 is 2.68 bits per heavy atom. The second-order valence-corrected chi connectivity index (χ2v) is 7.70. The number of aromatic nitrogens is 1. The highest BCUT2D eigenvalue weighted by atomic mass is 35.5. The second kappa shape index (κ2) is 6.36. The first-order chi connectivity index (χ1) is 10.6. The molecular formula is C16H17ClN2O2S. The van der Waals surface area contributed by atoms with Crippen LogP contribution >= 0.6 is 11.6 Å². The lowest BCUT2D eigenvalue weighted by Gasteiger charge is -2.23. The van der Waals surface area contributed by atoms with Gasteiger partial charge in [-0.25, -0.2) is 8.42 Å². The van der Waals surface area contributed by atoms with E-state index < -0.39 is 10.0 Å². The van der Waals surface area contributed by atoms with Crippen LogP contribution in [0.4, 0.5) is 0 Å². The summed E-state index contributed by atoms with van der Waals surface area (Å²) in [7, 11) is -3.42. The summed E-state index contributed by atoms with van der Waals surface area (Å²) in [5, 5.41) is 0.486. The van der Waals surface area contributed by atoms with Crippen molar-refractivity contribution in [2.75, 3.05) is 6.54 Å². The number of rotatable bonds is 4. The zero-order chi connectivity index (χ0) is 15.6. The number of sulfonamides is 1. The van der Waals surface area contributed by atoms with E-state index in [0.717, 1.165) is 18.5 Å². The monoisotopic (exact) mass is 336 g/mol. The van der Waals surface area contributed by atoms with Crippen LogP contribution in [0.5, 0.6) is 0 Å². The molecule has 1 fully saturated rings. The van der Waals surface area contributed by atoms with E-state index >= 15 is 0 Å². The third-order valence-electron chi connectivity index (χ3n) is 3.89. The van der Waals surface area contributed by atoms with E-state index in [1.54, 1.807) is 34.8 Å². The van der Waals surface area contributed by atoms with Gasteiger partial charge >= 0.3 is 0 Å². The molecule has 3 rings (SSSR count). The van der Waals surface area contributed by atoms with Gasteiger partial charge in [-0.1, -0.05) is 35.9 Å². The predicted octanol–water partition coefficient (Wildman–Crippen LogP) is 3.40. The fourth-order valence-electron chi connectivity index (χ4n) is 2.84. The minimum absolute atomic E-state index is 0.0734. The second-order valence-electron chi connectivity index (χ2n) is 5.37. The van der Waals surface area contributed by atoms with E-state index in [4.69, 9.17) is 11.6 Å². The molecule has 6 heteroatoms.